The number of hydrogen-bond acceptors (Lipinski definition) is 4. The van der Waals surface area contributed by atoms with E-state index in [-0.39, 0.29) is 6.04 Å². The minimum Gasteiger partial charge on any atom is -0.361 e. The minimum absolute atomic E-state index is 0.270. The van der Waals surface area contributed by atoms with E-state index in [2.05, 4.69) is 17.1 Å². The fourth-order valence-electron chi connectivity index (χ4n) is 1.93. The van der Waals surface area contributed by atoms with Crippen molar-refractivity contribution in [2.45, 2.75) is 25.4 Å². The highest BCUT2D eigenvalue weighted by Crippen LogP contribution is 2.28. The summed E-state index contributed by atoms with van der Waals surface area (Å²) in [4.78, 5) is 2.22. The summed E-state index contributed by atoms with van der Waals surface area (Å²) >= 11 is 0. The van der Waals surface area contributed by atoms with Crippen LogP contribution >= 0.6 is 0 Å². The highest BCUT2D eigenvalue weighted by Gasteiger charge is 2.30. The molecule has 0 aromatic carbocycles. The summed E-state index contributed by atoms with van der Waals surface area (Å²) < 4.78 is 5.04. The molecule has 1 fully saturated rings. The van der Waals surface area contributed by atoms with Gasteiger partial charge in [0, 0.05) is 18.7 Å². The molecule has 72 valence electrons. The zero-order valence-electron chi connectivity index (χ0n) is 8.03. The number of likely N-dealkylation sites (N-methyl/N-ethyl adjacent to an activating group) is 1. The van der Waals surface area contributed by atoms with Gasteiger partial charge < -0.3 is 10.3 Å². The zero-order valence-corrected chi connectivity index (χ0v) is 8.03. The van der Waals surface area contributed by atoms with Crippen molar-refractivity contribution >= 4 is 0 Å². The van der Waals surface area contributed by atoms with Gasteiger partial charge in [0.15, 0.2) is 0 Å². The first-order chi connectivity index (χ1) is 6.16. The van der Waals surface area contributed by atoms with Gasteiger partial charge in [-0.05, 0) is 20.4 Å². The molecule has 0 amide bonds. The van der Waals surface area contributed by atoms with E-state index in [0.717, 1.165) is 24.4 Å². The van der Waals surface area contributed by atoms with Crippen LogP contribution in [0.3, 0.4) is 0 Å². The summed E-state index contributed by atoms with van der Waals surface area (Å²) in [6.45, 7) is 2.85. The lowest BCUT2D eigenvalue weighted by molar-refractivity contribution is 0.294. The maximum absolute atomic E-state index is 5.86. The van der Waals surface area contributed by atoms with Gasteiger partial charge >= 0.3 is 0 Å². The van der Waals surface area contributed by atoms with E-state index < -0.39 is 0 Å². The van der Waals surface area contributed by atoms with Crippen molar-refractivity contribution in [2.24, 2.45) is 5.73 Å². The van der Waals surface area contributed by atoms with E-state index in [1.165, 1.54) is 0 Å². The van der Waals surface area contributed by atoms with Gasteiger partial charge in [0.2, 0.25) is 0 Å². The molecule has 1 aromatic rings. The summed E-state index contributed by atoms with van der Waals surface area (Å²) in [5.41, 5.74) is 6.87. The molecule has 2 N–H and O–H groups in total. The van der Waals surface area contributed by atoms with Crippen LogP contribution in [0.15, 0.2) is 10.6 Å². The number of aryl methyl sites for hydroxylation is 1. The minimum atomic E-state index is 0.270. The molecule has 0 bridgehead atoms. The van der Waals surface area contributed by atoms with Crippen molar-refractivity contribution in [3.63, 3.8) is 0 Å². The lowest BCUT2D eigenvalue weighted by Gasteiger charge is -2.15. The third-order valence-corrected chi connectivity index (χ3v) is 2.57. The zero-order chi connectivity index (χ0) is 9.42. The van der Waals surface area contributed by atoms with Crippen LogP contribution in [0.2, 0.25) is 0 Å². The standard InChI is InChI=1S/C9H15N3O/c1-6-3-8(11-13-6)9-4-7(10)5-12(9)2/h3,7,9H,4-5,10H2,1-2H3. The summed E-state index contributed by atoms with van der Waals surface area (Å²) in [5, 5.41) is 4.01. The van der Waals surface area contributed by atoms with Crippen molar-refractivity contribution < 1.29 is 4.52 Å². The van der Waals surface area contributed by atoms with Crippen molar-refractivity contribution in [3.8, 4) is 0 Å². The van der Waals surface area contributed by atoms with E-state index in [1.807, 2.05) is 13.0 Å². The van der Waals surface area contributed by atoms with Gasteiger partial charge in [0.1, 0.15) is 11.5 Å². The number of aromatic nitrogens is 1. The third-order valence-electron chi connectivity index (χ3n) is 2.57. The Morgan fingerprint density at radius 1 is 1.69 bits per heavy atom. The molecule has 13 heavy (non-hydrogen) atoms. The molecule has 1 saturated heterocycles. The molecule has 2 unspecified atom stereocenters. The van der Waals surface area contributed by atoms with E-state index in [9.17, 15) is 0 Å². The number of nitrogens with zero attached hydrogens (tertiary/aromatic N) is 2. The Bertz CT molecular complexity index is 297. The van der Waals surface area contributed by atoms with Gasteiger partial charge in [-0.15, -0.1) is 0 Å². The van der Waals surface area contributed by atoms with Gasteiger partial charge in [-0.3, -0.25) is 4.90 Å². The lowest BCUT2D eigenvalue weighted by atomic mass is 10.1. The normalized spacial score (nSPS) is 29.8. The van der Waals surface area contributed by atoms with Crippen molar-refractivity contribution in [1.29, 1.82) is 0 Å². The van der Waals surface area contributed by atoms with Crippen LogP contribution in [0.1, 0.15) is 23.9 Å². The summed E-state index contributed by atoms with van der Waals surface area (Å²) in [7, 11) is 2.07. The van der Waals surface area contributed by atoms with Crippen molar-refractivity contribution in [3.05, 3.63) is 17.5 Å². The second-order valence-electron chi connectivity index (χ2n) is 3.81. The molecule has 0 radical (unpaired) electrons. The molecule has 0 aliphatic carbocycles. The van der Waals surface area contributed by atoms with E-state index in [0.29, 0.717) is 6.04 Å². The molecule has 0 saturated carbocycles. The first-order valence-corrected chi connectivity index (χ1v) is 4.56. The Kier molecular flexibility index (Phi) is 2.09. The fourth-order valence-corrected chi connectivity index (χ4v) is 1.93. The van der Waals surface area contributed by atoms with Crippen LogP contribution in [0.4, 0.5) is 0 Å². The van der Waals surface area contributed by atoms with Gasteiger partial charge in [-0.25, -0.2) is 0 Å². The predicted molar refractivity (Wildman–Crippen MR) is 49.2 cm³/mol. The number of likely N-dealkylation sites (tertiary alicyclic amines) is 1. The Morgan fingerprint density at radius 2 is 2.46 bits per heavy atom. The topological polar surface area (TPSA) is 55.3 Å². The molecule has 2 atom stereocenters. The molecule has 1 aromatic heterocycles. The molecule has 2 rings (SSSR count). The van der Waals surface area contributed by atoms with E-state index in [1.54, 1.807) is 0 Å². The van der Waals surface area contributed by atoms with Crippen LogP contribution < -0.4 is 5.73 Å². The molecule has 4 nitrogen and oxygen atoms in total. The lowest BCUT2D eigenvalue weighted by Crippen LogP contribution is -2.24. The maximum Gasteiger partial charge on any atom is 0.133 e. The largest absolute Gasteiger partial charge is 0.361 e. The highest BCUT2D eigenvalue weighted by molar-refractivity contribution is 5.11. The Balaban J connectivity index is 2.17. The summed E-state index contributed by atoms with van der Waals surface area (Å²) in [5.74, 6) is 0.865. The Morgan fingerprint density at radius 3 is 2.92 bits per heavy atom. The molecule has 0 spiro atoms. The molecule has 4 heteroatoms. The van der Waals surface area contributed by atoms with Gasteiger partial charge in [0.05, 0.1) is 6.04 Å². The summed E-state index contributed by atoms with van der Waals surface area (Å²) in [6, 6.07) is 2.60. The monoisotopic (exact) mass is 181 g/mol. The quantitative estimate of drug-likeness (QED) is 0.692. The highest BCUT2D eigenvalue weighted by atomic mass is 16.5. The molecular formula is C9H15N3O. The maximum atomic E-state index is 5.86. The second kappa shape index (κ2) is 3.12. The Labute approximate surface area is 77.7 Å². The molecule has 2 heterocycles. The van der Waals surface area contributed by atoms with E-state index in [4.69, 9.17) is 10.3 Å². The van der Waals surface area contributed by atoms with Gasteiger partial charge in [0.25, 0.3) is 0 Å². The first-order valence-electron chi connectivity index (χ1n) is 4.56. The van der Waals surface area contributed by atoms with Crippen LogP contribution in [0.25, 0.3) is 0 Å². The fraction of sp³-hybridized carbons (Fsp3) is 0.667. The first kappa shape index (κ1) is 8.72. The Hall–Kier alpha value is -0.870. The predicted octanol–water partition coefficient (Wildman–Crippen LogP) is 0.687. The van der Waals surface area contributed by atoms with Crippen LogP contribution in [0.5, 0.6) is 0 Å². The number of hydrogen-bond donors (Lipinski definition) is 1. The van der Waals surface area contributed by atoms with Gasteiger partial charge in [-0.2, -0.15) is 0 Å². The van der Waals surface area contributed by atoms with Crippen LogP contribution in [-0.4, -0.2) is 29.7 Å². The van der Waals surface area contributed by atoms with Crippen molar-refractivity contribution in [1.82, 2.24) is 10.1 Å². The van der Waals surface area contributed by atoms with Crippen LogP contribution in [-0.2, 0) is 0 Å². The number of rotatable bonds is 1. The molecule has 1 aliphatic rings. The molecule has 1 aliphatic heterocycles. The average molecular weight is 181 g/mol. The SMILES string of the molecule is Cc1cc(C2CC(N)CN2C)no1. The van der Waals surface area contributed by atoms with Crippen molar-refractivity contribution in [2.75, 3.05) is 13.6 Å². The summed E-state index contributed by atoms with van der Waals surface area (Å²) in [6.07, 6.45) is 0.975. The average Bonchev–Trinajstić information content (AvgIpc) is 2.58. The number of nitrogens with two attached hydrogens (primary N) is 1. The third kappa shape index (κ3) is 1.59. The second-order valence-corrected chi connectivity index (χ2v) is 3.81. The smallest absolute Gasteiger partial charge is 0.133 e. The van der Waals surface area contributed by atoms with Gasteiger partial charge in [-0.1, -0.05) is 5.16 Å². The van der Waals surface area contributed by atoms with E-state index >= 15 is 0 Å². The van der Waals surface area contributed by atoms with Crippen LogP contribution in [0, 0.1) is 6.92 Å². The molecular weight excluding hydrogens is 166 g/mol.